The number of carbonyl (C=O) groups excluding carboxylic acids is 1. The van der Waals surface area contributed by atoms with E-state index >= 15 is 0 Å². The predicted octanol–water partition coefficient (Wildman–Crippen LogP) is 0.963. The molecule has 0 spiro atoms. The molecule has 1 aromatic rings. The molecule has 1 aromatic carbocycles. The van der Waals surface area contributed by atoms with Gasteiger partial charge < -0.3 is 15.4 Å². The lowest BCUT2D eigenvalue weighted by Crippen LogP contribution is -2.30. The second-order valence-electron chi connectivity index (χ2n) is 4.62. The Kier molecular flexibility index (Phi) is 9.03. The molecule has 126 valence electrons. The van der Waals surface area contributed by atoms with Crippen molar-refractivity contribution in [2.75, 3.05) is 43.1 Å². The summed E-state index contributed by atoms with van der Waals surface area (Å²) >= 11 is 0. The van der Waals surface area contributed by atoms with Gasteiger partial charge in [-0.15, -0.1) is 12.4 Å². The van der Waals surface area contributed by atoms with Crippen molar-refractivity contribution in [1.29, 1.82) is 0 Å². The van der Waals surface area contributed by atoms with Crippen molar-refractivity contribution in [2.45, 2.75) is 6.92 Å². The van der Waals surface area contributed by atoms with E-state index in [9.17, 15) is 13.2 Å². The normalized spacial score (nSPS) is 10.7. The Morgan fingerprint density at radius 2 is 2.00 bits per heavy atom. The third-order valence-corrected chi connectivity index (χ3v) is 3.18. The van der Waals surface area contributed by atoms with E-state index < -0.39 is 10.0 Å². The van der Waals surface area contributed by atoms with Crippen LogP contribution in [0.5, 0.6) is 0 Å². The van der Waals surface area contributed by atoms with Crippen molar-refractivity contribution in [2.24, 2.45) is 0 Å². The van der Waals surface area contributed by atoms with Crippen LogP contribution in [0, 0.1) is 6.92 Å². The van der Waals surface area contributed by atoms with E-state index in [1.807, 2.05) is 0 Å². The van der Waals surface area contributed by atoms with Gasteiger partial charge in [-0.2, -0.15) is 0 Å². The number of aryl methyl sites for hydroxylation is 1. The average Bonchev–Trinajstić information content (AvgIpc) is 2.37. The first-order valence-electron chi connectivity index (χ1n) is 6.40. The zero-order valence-electron chi connectivity index (χ0n) is 12.8. The maximum absolute atomic E-state index is 11.7. The average molecular weight is 352 g/mol. The van der Waals surface area contributed by atoms with Gasteiger partial charge in [0, 0.05) is 19.3 Å². The van der Waals surface area contributed by atoms with E-state index in [2.05, 4.69) is 15.4 Å². The molecule has 0 saturated heterocycles. The molecule has 0 saturated carbocycles. The van der Waals surface area contributed by atoms with E-state index in [4.69, 9.17) is 4.74 Å². The smallest absolute Gasteiger partial charge is 0.238 e. The van der Waals surface area contributed by atoms with Gasteiger partial charge in [0.25, 0.3) is 0 Å². The first kappa shape index (κ1) is 20.6. The summed E-state index contributed by atoms with van der Waals surface area (Å²) in [5, 5.41) is 5.62. The van der Waals surface area contributed by atoms with Gasteiger partial charge >= 0.3 is 0 Å². The molecule has 0 bridgehead atoms. The van der Waals surface area contributed by atoms with Gasteiger partial charge in [0.15, 0.2) is 0 Å². The fourth-order valence-corrected chi connectivity index (χ4v) is 2.21. The van der Waals surface area contributed by atoms with Crippen LogP contribution in [0.2, 0.25) is 0 Å². The standard InChI is InChI=1S/C13H21N3O4S.ClH/c1-10-4-5-11(8-12(10)16-21(3,18)19)15-13(17)9-14-6-7-20-2;/h4-5,8,14,16H,6-7,9H2,1-3H3,(H,15,17);1H. The van der Waals surface area contributed by atoms with Crippen LogP contribution in [0.4, 0.5) is 11.4 Å². The van der Waals surface area contributed by atoms with Crippen LogP contribution < -0.4 is 15.4 Å². The van der Waals surface area contributed by atoms with Crippen molar-refractivity contribution in [3.8, 4) is 0 Å². The zero-order chi connectivity index (χ0) is 15.9. The first-order chi connectivity index (χ1) is 9.81. The molecular weight excluding hydrogens is 330 g/mol. The summed E-state index contributed by atoms with van der Waals surface area (Å²) in [4.78, 5) is 11.7. The number of anilines is 2. The van der Waals surface area contributed by atoms with Gasteiger partial charge in [-0.3, -0.25) is 9.52 Å². The minimum atomic E-state index is -3.35. The molecule has 22 heavy (non-hydrogen) atoms. The van der Waals surface area contributed by atoms with Crippen molar-refractivity contribution >= 4 is 39.7 Å². The van der Waals surface area contributed by atoms with E-state index in [1.54, 1.807) is 32.2 Å². The summed E-state index contributed by atoms with van der Waals surface area (Å²) in [6.45, 7) is 3.05. The first-order valence-corrected chi connectivity index (χ1v) is 8.29. The Balaban J connectivity index is 0.00000441. The Morgan fingerprint density at radius 1 is 1.32 bits per heavy atom. The van der Waals surface area contributed by atoms with Gasteiger partial charge in [0.05, 0.1) is 25.1 Å². The number of amides is 1. The second kappa shape index (κ2) is 9.62. The molecule has 1 amide bonds. The van der Waals surface area contributed by atoms with Gasteiger partial charge in [-0.25, -0.2) is 8.42 Å². The number of nitrogens with one attached hydrogen (secondary N) is 3. The Morgan fingerprint density at radius 3 is 2.59 bits per heavy atom. The second-order valence-corrected chi connectivity index (χ2v) is 6.37. The lowest BCUT2D eigenvalue weighted by molar-refractivity contribution is -0.115. The van der Waals surface area contributed by atoms with Gasteiger partial charge in [-0.05, 0) is 24.6 Å². The number of carbonyl (C=O) groups is 1. The number of sulfonamides is 1. The molecule has 1 rings (SSSR count). The molecule has 7 nitrogen and oxygen atoms in total. The largest absolute Gasteiger partial charge is 0.383 e. The molecule has 0 fully saturated rings. The van der Waals surface area contributed by atoms with Gasteiger partial charge in [-0.1, -0.05) is 6.07 Å². The maximum atomic E-state index is 11.7. The SMILES string of the molecule is COCCNCC(=O)Nc1ccc(C)c(NS(C)(=O)=O)c1.Cl. The van der Waals surface area contributed by atoms with Crippen LogP contribution in [0.3, 0.4) is 0 Å². The third kappa shape index (κ3) is 8.18. The lowest BCUT2D eigenvalue weighted by Gasteiger charge is -2.11. The Labute approximate surface area is 137 Å². The molecule has 0 aliphatic carbocycles. The number of hydrogen-bond acceptors (Lipinski definition) is 5. The summed E-state index contributed by atoms with van der Waals surface area (Å²) in [6.07, 6.45) is 1.08. The molecule has 0 aliphatic rings. The Hall–Kier alpha value is -1.35. The number of ether oxygens (including phenoxy) is 1. The molecule has 3 N–H and O–H groups in total. The fourth-order valence-electron chi connectivity index (χ4n) is 1.59. The van der Waals surface area contributed by atoms with Crippen molar-refractivity contribution in [1.82, 2.24) is 5.32 Å². The van der Waals surface area contributed by atoms with Crippen molar-refractivity contribution < 1.29 is 17.9 Å². The van der Waals surface area contributed by atoms with Crippen LogP contribution in [0.1, 0.15) is 5.56 Å². The third-order valence-electron chi connectivity index (χ3n) is 2.59. The van der Waals surface area contributed by atoms with Crippen LogP contribution in [0.15, 0.2) is 18.2 Å². The highest BCUT2D eigenvalue weighted by Gasteiger charge is 2.08. The van der Waals surface area contributed by atoms with Crippen LogP contribution >= 0.6 is 12.4 Å². The molecule has 0 radical (unpaired) electrons. The highest BCUT2D eigenvalue weighted by Crippen LogP contribution is 2.21. The molecule has 0 aliphatic heterocycles. The van der Waals surface area contributed by atoms with E-state index in [0.29, 0.717) is 24.5 Å². The maximum Gasteiger partial charge on any atom is 0.238 e. The van der Waals surface area contributed by atoms with Crippen LogP contribution in [-0.4, -0.2) is 47.4 Å². The van der Waals surface area contributed by atoms with E-state index in [0.717, 1.165) is 11.8 Å². The molecule has 0 unspecified atom stereocenters. The fraction of sp³-hybridized carbons (Fsp3) is 0.462. The molecule has 0 heterocycles. The molecule has 0 atom stereocenters. The minimum absolute atomic E-state index is 0. The van der Waals surface area contributed by atoms with E-state index in [-0.39, 0.29) is 24.9 Å². The zero-order valence-corrected chi connectivity index (χ0v) is 14.4. The van der Waals surface area contributed by atoms with Crippen molar-refractivity contribution in [3.05, 3.63) is 23.8 Å². The lowest BCUT2D eigenvalue weighted by atomic mass is 10.2. The van der Waals surface area contributed by atoms with Crippen LogP contribution in [-0.2, 0) is 19.6 Å². The van der Waals surface area contributed by atoms with Gasteiger partial charge in [0.2, 0.25) is 15.9 Å². The van der Waals surface area contributed by atoms with Crippen LogP contribution in [0.25, 0.3) is 0 Å². The summed E-state index contributed by atoms with van der Waals surface area (Å²) in [7, 11) is -1.77. The molecular formula is C13H22ClN3O4S. The number of rotatable bonds is 8. The minimum Gasteiger partial charge on any atom is -0.383 e. The topological polar surface area (TPSA) is 96.5 Å². The highest BCUT2D eigenvalue weighted by atomic mass is 35.5. The number of benzene rings is 1. The summed E-state index contributed by atoms with van der Waals surface area (Å²) in [5.41, 5.74) is 1.75. The quantitative estimate of drug-likeness (QED) is 0.606. The highest BCUT2D eigenvalue weighted by molar-refractivity contribution is 7.92. The predicted molar refractivity (Wildman–Crippen MR) is 90.3 cm³/mol. The monoisotopic (exact) mass is 351 g/mol. The number of halogens is 1. The number of hydrogen-bond donors (Lipinski definition) is 3. The van der Waals surface area contributed by atoms with Crippen molar-refractivity contribution in [3.63, 3.8) is 0 Å². The number of methoxy groups -OCH3 is 1. The molecule has 0 aromatic heterocycles. The Bertz CT molecular complexity index is 593. The van der Waals surface area contributed by atoms with E-state index in [1.165, 1.54) is 0 Å². The molecule has 9 heteroatoms. The van der Waals surface area contributed by atoms with Gasteiger partial charge in [0.1, 0.15) is 0 Å². The summed E-state index contributed by atoms with van der Waals surface area (Å²) in [6, 6.07) is 5.04. The summed E-state index contributed by atoms with van der Waals surface area (Å²) < 4.78 is 29.8. The summed E-state index contributed by atoms with van der Waals surface area (Å²) in [5.74, 6) is -0.208.